The summed E-state index contributed by atoms with van der Waals surface area (Å²) in [6, 6.07) is 7.54. The number of alkyl halides is 1. The predicted molar refractivity (Wildman–Crippen MR) is 75.7 cm³/mol. The number of halogens is 1. The van der Waals surface area contributed by atoms with Gasteiger partial charge in [-0.1, -0.05) is 55.5 Å². The van der Waals surface area contributed by atoms with Gasteiger partial charge in [0.2, 0.25) is 0 Å². The number of hydrogen-bond acceptors (Lipinski definition) is 2. The summed E-state index contributed by atoms with van der Waals surface area (Å²) in [7, 11) is 0. The smallest absolute Gasteiger partial charge is 0.345 e. The first-order chi connectivity index (χ1) is 7.84. The van der Waals surface area contributed by atoms with Crippen LogP contribution in [0.5, 0.6) is 5.75 Å². The summed E-state index contributed by atoms with van der Waals surface area (Å²) in [4.78, 5) is 11.2. The second-order valence-electron chi connectivity index (χ2n) is 4.98. The number of carboxylic acids is 1. The zero-order valence-corrected chi connectivity index (χ0v) is 12.4. The highest BCUT2D eigenvalue weighted by molar-refractivity contribution is 14.1. The fraction of sp³-hybridized carbons (Fsp3) is 0.462. The van der Waals surface area contributed by atoms with Crippen molar-refractivity contribution >= 4 is 28.6 Å². The Kier molecular flexibility index (Phi) is 4.80. The largest absolute Gasteiger partial charge is 0.478 e. The summed E-state index contributed by atoms with van der Waals surface area (Å²) in [5, 5.41) is 9.17. The van der Waals surface area contributed by atoms with Gasteiger partial charge in [-0.3, -0.25) is 0 Å². The molecule has 0 heterocycles. The fourth-order valence-corrected chi connectivity index (χ4v) is 1.91. The van der Waals surface area contributed by atoms with E-state index in [1.54, 1.807) is 6.07 Å². The minimum atomic E-state index is -0.933. The van der Waals surface area contributed by atoms with Crippen molar-refractivity contribution in [2.45, 2.75) is 31.3 Å². The third-order valence-corrected chi connectivity index (χ3v) is 3.20. The lowest BCUT2D eigenvalue weighted by molar-refractivity contribution is -0.150. The third-order valence-electron chi connectivity index (χ3n) is 2.32. The molecule has 1 atom stereocenters. The number of aliphatic carboxylic acids is 1. The van der Waals surface area contributed by atoms with Gasteiger partial charge in [-0.05, 0) is 17.7 Å². The van der Waals surface area contributed by atoms with Crippen LogP contribution in [0.4, 0.5) is 0 Å². The maximum atomic E-state index is 11.2. The van der Waals surface area contributed by atoms with Crippen LogP contribution >= 0.6 is 22.6 Å². The van der Waals surface area contributed by atoms with Gasteiger partial charge >= 0.3 is 5.97 Å². The van der Waals surface area contributed by atoms with E-state index >= 15 is 0 Å². The van der Waals surface area contributed by atoms with Gasteiger partial charge in [-0.15, -0.1) is 0 Å². The van der Waals surface area contributed by atoms with E-state index in [0.717, 1.165) is 9.99 Å². The summed E-state index contributed by atoms with van der Waals surface area (Å²) in [5.41, 5.74) is 0.688. The van der Waals surface area contributed by atoms with Crippen LogP contribution in [0.1, 0.15) is 26.3 Å². The molecule has 0 aliphatic rings. The zero-order valence-electron chi connectivity index (χ0n) is 10.2. The molecular formula is C13H17IO3. The highest BCUT2D eigenvalue weighted by atomic mass is 127. The molecule has 1 N–H and O–H groups in total. The van der Waals surface area contributed by atoms with Gasteiger partial charge in [-0.25, -0.2) is 4.79 Å². The SMILES string of the molecule is CC(C)(C)C(Oc1cccc(CI)c1)C(=O)O. The molecular weight excluding hydrogens is 331 g/mol. The molecule has 1 aromatic carbocycles. The molecule has 94 valence electrons. The molecule has 1 unspecified atom stereocenters. The van der Waals surface area contributed by atoms with Crippen LogP contribution < -0.4 is 4.74 Å². The van der Waals surface area contributed by atoms with E-state index in [-0.39, 0.29) is 0 Å². The van der Waals surface area contributed by atoms with Crippen LogP contribution in [0.2, 0.25) is 0 Å². The van der Waals surface area contributed by atoms with E-state index in [1.165, 1.54) is 0 Å². The first-order valence-corrected chi connectivity index (χ1v) is 6.91. The Morgan fingerprint density at radius 1 is 1.47 bits per heavy atom. The molecule has 0 fully saturated rings. The molecule has 3 nitrogen and oxygen atoms in total. The molecule has 0 aliphatic heterocycles. The van der Waals surface area contributed by atoms with Gasteiger partial charge in [0, 0.05) is 9.84 Å². The van der Waals surface area contributed by atoms with Crippen molar-refractivity contribution in [3.63, 3.8) is 0 Å². The summed E-state index contributed by atoms with van der Waals surface area (Å²) in [6.07, 6.45) is -0.841. The van der Waals surface area contributed by atoms with Crippen molar-refractivity contribution in [3.05, 3.63) is 29.8 Å². The Morgan fingerprint density at radius 2 is 2.12 bits per heavy atom. The van der Waals surface area contributed by atoms with Crippen molar-refractivity contribution in [2.75, 3.05) is 0 Å². The van der Waals surface area contributed by atoms with Gasteiger partial charge in [-0.2, -0.15) is 0 Å². The normalized spacial score (nSPS) is 13.2. The van der Waals surface area contributed by atoms with Crippen molar-refractivity contribution in [3.8, 4) is 5.75 Å². The van der Waals surface area contributed by atoms with E-state index in [2.05, 4.69) is 22.6 Å². The molecule has 1 aromatic rings. The van der Waals surface area contributed by atoms with E-state index in [4.69, 9.17) is 4.74 Å². The maximum Gasteiger partial charge on any atom is 0.345 e. The number of carboxylic acid groups (broad SMARTS) is 1. The van der Waals surface area contributed by atoms with Gasteiger partial charge in [0.15, 0.2) is 6.10 Å². The molecule has 4 heteroatoms. The Labute approximate surface area is 115 Å². The van der Waals surface area contributed by atoms with E-state index in [0.29, 0.717) is 5.75 Å². The van der Waals surface area contributed by atoms with Gasteiger partial charge < -0.3 is 9.84 Å². The number of hydrogen-bond donors (Lipinski definition) is 1. The second kappa shape index (κ2) is 5.71. The van der Waals surface area contributed by atoms with Gasteiger partial charge in [0.05, 0.1) is 0 Å². The lowest BCUT2D eigenvalue weighted by atomic mass is 9.89. The topological polar surface area (TPSA) is 46.5 Å². The Balaban J connectivity index is 2.90. The highest BCUT2D eigenvalue weighted by Crippen LogP contribution is 2.26. The molecule has 0 radical (unpaired) electrons. The summed E-state index contributed by atoms with van der Waals surface area (Å²) >= 11 is 2.26. The molecule has 0 amide bonds. The van der Waals surface area contributed by atoms with Crippen LogP contribution in [0.25, 0.3) is 0 Å². The minimum Gasteiger partial charge on any atom is -0.478 e. The van der Waals surface area contributed by atoms with E-state index in [9.17, 15) is 9.90 Å². The van der Waals surface area contributed by atoms with Gasteiger partial charge in [0.25, 0.3) is 0 Å². The lowest BCUT2D eigenvalue weighted by Crippen LogP contribution is -2.39. The van der Waals surface area contributed by atoms with Crippen LogP contribution in [-0.4, -0.2) is 17.2 Å². The van der Waals surface area contributed by atoms with E-state index < -0.39 is 17.5 Å². The molecule has 0 aromatic heterocycles. The lowest BCUT2D eigenvalue weighted by Gasteiger charge is -2.27. The minimum absolute atomic E-state index is 0.438. The zero-order chi connectivity index (χ0) is 13.1. The van der Waals surface area contributed by atoms with Crippen LogP contribution in [-0.2, 0) is 9.22 Å². The molecule has 0 saturated heterocycles. The molecule has 0 spiro atoms. The van der Waals surface area contributed by atoms with Crippen molar-refractivity contribution in [2.24, 2.45) is 5.41 Å². The molecule has 0 bridgehead atoms. The number of carbonyl (C=O) groups is 1. The Bertz CT molecular complexity index is 396. The Morgan fingerprint density at radius 3 is 2.59 bits per heavy atom. The Hall–Kier alpha value is -0.780. The summed E-state index contributed by atoms with van der Waals surface area (Å²) in [5.74, 6) is -0.320. The molecule has 0 aliphatic carbocycles. The quantitative estimate of drug-likeness (QED) is 0.669. The predicted octanol–water partition coefficient (Wildman–Crippen LogP) is 3.50. The average molecular weight is 348 g/mol. The van der Waals surface area contributed by atoms with Crippen LogP contribution in [0, 0.1) is 5.41 Å². The molecule has 17 heavy (non-hydrogen) atoms. The van der Waals surface area contributed by atoms with Crippen LogP contribution in [0.3, 0.4) is 0 Å². The number of rotatable bonds is 4. The monoisotopic (exact) mass is 348 g/mol. The standard InChI is InChI=1S/C13H17IO3/c1-13(2,3)11(12(15)16)17-10-6-4-5-9(7-10)8-14/h4-7,11H,8H2,1-3H3,(H,15,16). The summed E-state index contributed by atoms with van der Waals surface area (Å²) in [6.45, 7) is 5.57. The highest BCUT2D eigenvalue weighted by Gasteiger charge is 2.33. The van der Waals surface area contributed by atoms with Crippen LogP contribution in [0.15, 0.2) is 24.3 Å². The molecule has 1 rings (SSSR count). The first kappa shape index (κ1) is 14.3. The second-order valence-corrected chi connectivity index (χ2v) is 5.75. The summed E-state index contributed by atoms with van der Waals surface area (Å²) < 4.78 is 6.46. The number of ether oxygens (including phenoxy) is 1. The average Bonchev–Trinajstić information content (AvgIpc) is 2.24. The molecule has 0 saturated carbocycles. The van der Waals surface area contributed by atoms with Crippen molar-refractivity contribution in [1.29, 1.82) is 0 Å². The first-order valence-electron chi connectivity index (χ1n) is 5.39. The van der Waals surface area contributed by atoms with Gasteiger partial charge in [0.1, 0.15) is 5.75 Å². The fourth-order valence-electron chi connectivity index (χ4n) is 1.44. The van der Waals surface area contributed by atoms with Crippen molar-refractivity contribution < 1.29 is 14.6 Å². The third kappa shape index (κ3) is 4.18. The maximum absolute atomic E-state index is 11.2. The number of benzene rings is 1. The van der Waals surface area contributed by atoms with Crippen molar-refractivity contribution in [1.82, 2.24) is 0 Å². The van der Waals surface area contributed by atoms with E-state index in [1.807, 2.05) is 39.0 Å².